The van der Waals surface area contributed by atoms with Crippen LogP contribution in [0, 0.1) is 0 Å². The second kappa shape index (κ2) is 5.70. The highest BCUT2D eigenvalue weighted by atomic mass is 32.1. The first-order valence-electron chi connectivity index (χ1n) is 5.68. The van der Waals surface area contributed by atoms with Gasteiger partial charge in [-0.2, -0.15) is 13.2 Å². The summed E-state index contributed by atoms with van der Waals surface area (Å²) in [6.07, 6.45) is -3.81. The predicted octanol–water partition coefficient (Wildman–Crippen LogP) is 1.58. The van der Waals surface area contributed by atoms with Gasteiger partial charge in [0.15, 0.2) is 0 Å². The third-order valence-electron chi connectivity index (χ3n) is 2.74. The van der Waals surface area contributed by atoms with E-state index in [1.54, 1.807) is 11.4 Å². The van der Waals surface area contributed by atoms with Crippen LogP contribution in [-0.2, 0) is 12.7 Å². The minimum absolute atomic E-state index is 0.144. The van der Waals surface area contributed by atoms with Crippen LogP contribution in [0.3, 0.4) is 0 Å². The van der Waals surface area contributed by atoms with Crippen LogP contribution in [0.2, 0.25) is 0 Å². The van der Waals surface area contributed by atoms with Gasteiger partial charge in [0.25, 0.3) is 11.5 Å². The van der Waals surface area contributed by atoms with E-state index in [2.05, 4.69) is 0 Å². The van der Waals surface area contributed by atoms with E-state index in [4.69, 9.17) is 5.84 Å². The average Bonchev–Trinajstić information content (AvgIpc) is 2.87. The Morgan fingerprint density at radius 3 is 2.67 bits per heavy atom. The molecule has 0 aliphatic rings. The third kappa shape index (κ3) is 3.31. The molecule has 5 nitrogen and oxygen atoms in total. The monoisotopic (exact) mass is 317 g/mol. The second-order valence-corrected chi connectivity index (χ2v) is 5.05. The molecule has 2 heterocycles. The lowest BCUT2D eigenvalue weighted by molar-refractivity contribution is -0.138. The van der Waals surface area contributed by atoms with Crippen LogP contribution in [-0.4, -0.2) is 10.5 Å². The molecule has 0 saturated carbocycles. The maximum atomic E-state index is 12.6. The fourth-order valence-electron chi connectivity index (χ4n) is 1.73. The highest BCUT2D eigenvalue weighted by Gasteiger charge is 2.31. The molecule has 0 aromatic carbocycles. The maximum absolute atomic E-state index is 12.6. The van der Waals surface area contributed by atoms with E-state index >= 15 is 0 Å². The van der Waals surface area contributed by atoms with Crippen LogP contribution in [0.25, 0.3) is 0 Å². The highest BCUT2D eigenvalue weighted by Crippen LogP contribution is 2.28. The van der Waals surface area contributed by atoms with Gasteiger partial charge < -0.3 is 4.57 Å². The SMILES string of the molecule is NNC(=O)c1sccc1Cn1cc(C(F)(F)F)ccc1=O. The van der Waals surface area contributed by atoms with Gasteiger partial charge in [0.2, 0.25) is 0 Å². The fourth-order valence-corrected chi connectivity index (χ4v) is 2.55. The van der Waals surface area contributed by atoms with E-state index in [0.717, 1.165) is 34.2 Å². The first-order chi connectivity index (χ1) is 9.82. The summed E-state index contributed by atoms with van der Waals surface area (Å²) in [5.41, 5.74) is 0.851. The number of nitrogens with zero attached hydrogens (tertiary/aromatic N) is 1. The molecular formula is C12H10F3N3O2S. The molecule has 1 amide bonds. The van der Waals surface area contributed by atoms with Crippen LogP contribution in [0.15, 0.2) is 34.6 Å². The fraction of sp³-hybridized carbons (Fsp3) is 0.167. The van der Waals surface area contributed by atoms with Gasteiger partial charge in [-0.05, 0) is 23.1 Å². The van der Waals surface area contributed by atoms with Crippen molar-refractivity contribution in [3.05, 3.63) is 56.1 Å². The molecule has 0 unspecified atom stereocenters. The number of pyridine rings is 1. The summed E-state index contributed by atoms with van der Waals surface area (Å²) in [5, 5.41) is 1.60. The van der Waals surface area contributed by atoms with Gasteiger partial charge in [0.1, 0.15) is 0 Å². The van der Waals surface area contributed by atoms with E-state index in [0.29, 0.717) is 5.56 Å². The molecule has 0 fully saturated rings. The van der Waals surface area contributed by atoms with Crippen molar-refractivity contribution in [2.24, 2.45) is 5.84 Å². The number of halogens is 3. The number of carbonyl (C=O) groups is 1. The molecule has 0 spiro atoms. The number of carbonyl (C=O) groups excluding carboxylic acids is 1. The van der Waals surface area contributed by atoms with Crippen molar-refractivity contribution < 1.29 is 18.0 Å². The molecule has 0 radical (unpaired) electrons. The number of nitrogen functional groups attached to an aromatic ring is 1. The quantitative estimate of drug-likeness (QED) is 0.512. The van der Waals surface area contributed by atoms with Crippen molar-refractivity contribution in [2.75, 3.05) is 0 Å². The Balaban J connectivity index is 2.38. The van der Waals surface area contributed by atoms with Crippen LogP contribution in [0.1, 0.15) is 20.8 Å². The molecule has 0 atom stereocenters. The van der Waals surface area contributed by atoms with Gasteiger partial charge in [-0.1, -0.05) is 0 Å². The van der Waals surface area contributed by atoms with Gasteiger partial charge in [-0.3, -0.25) is 15.0 Å². The number of thiophene rings is 1. The molecule has 112 valence electrons. The Kier molecular flexibility index (Phi) is 4.14. The van der Waals surface area contributed by atoms with Crippen LogP contribution >= 0.6 is 11.3 Å². The van der Waals surface area contributed by atoms with Gasteiger partial charge in [-0.25, -0.2) is 5.84 Å². The highest BCUT2D eigenvalue weighted by molar-refractivity contribution is 7.12. The Bertz CT molecular complexity index is 721. The van der Waals surface area contributed by atoms with Crippen LogP contribution < -0.4 is 16.8 Å². The van der Waals surface area contributed by atoms with Crippen molar-refractivity contribution in [2.45, 2.75) is 12.7 Å². The lowest BCUT2D eigenvalue weighted by atomic mass is 10.2. The van der Waals surface area contributed by atoms with Gasteiger partial charge in [-0.15, -0.1) is 11.3 Å². The number of nitrogens with two attached hydrogens (primary N) is 1. The normalized spacial score (nSPS) is 11.4. The molecule has 0 aliphatic heterocycles. The molecule has 2 aromatic rings. The van der Waals surface area contributed by atoms with Crippen molar-refractivity contribution in [1.82, 2.24) is 9.99 Å². The number of hydrogen-bond acceptors (Lipinski definition) is 4. The Labute approximate surface area is 120 Å². The molecule has 3 N–H and O–H groups in total. The minimum Gasteiger partial charge on any atom is -0.310 e. The smallest absolute Gasteiger partial charge is 0.310 e. The zero-order valence-corrected chi connectivity index (χ0v) is 11.3. The zero-order valence-electron chi connectivity index (χ0n) is 10.5. The number of hydrazine groups is 1. The lowest BCUT2D eigenvalue weighted by Crippen LogP contribution is -2.30. The number of rotatable bonds is 3. The molecule has 21 heavy (non-hydrogen) atoms. The van der Waals surface area contributed by atoms with Crippen molar-refractivity contribution in [1.29, 1.82) is 0 Å². The summed E-state index contributed by atoms with van der Waals surface area (Å²) in [5.74, 6) is 4.47. The second-order valence-electron chi connectivity index (χ2n) is 4.13. The maximum Gasteiger partial charge on any atom is 0.417 e. The van der Waals surface area contributed by atoms with Crippen molar-refractivity contribution in [3.8, 4) is 0 Å². The lowest BCUT2D eigenvalue weighted by Gasteiger charge is -2.11. The number of amides is 1. The molecule has 0 saturated heterocycles. The zero-order chi connectivity index (χ0) is 15.6. The molecule has 2 aromatic heterocycles. The summed E-state index contributed by atoms with van der Waals surface area (Å²) in [6, 6.07) is 3.12. The molecule has 2 rings (SSSR count). The number of nitrogens with one attached hydrogen (secondary N) is 1. The summed E-state index contributed by atoms with van der Waals surface area (Å²) in [4.78, 5) is 23.4. The number of hydrogen-bond donors (Lipinski definition) is 2. The van der Waals surface area contributed by atoms with E-state index in [-0.39, 0.29) is 11.4 Å². The summed E-state index contributed by atoms with van der Waals surface area (Å²) < 4.78 is 38.8. The topological polar surface area (TPSA) is 77.1 Å². The Hall–Kier alpha value is -2.13. The van der Waals surface area contributed by atoms with Gasteiger partial charge in [0, 0.05) is 12.3 Å². The van der Waals surface area contributed by atoms with E-state index in [1.165, 1.54) is 0 Å². The summed E-state index contributed by atoms with van der Waals surface area (Å²) in [6.45, 7) is -0.144. The number of alkyl halides is 3. The summed E-state index contributed by atoms with van der Waals surface area (Å²) in [7, 11) is 0. The van der Waals surface area contributed by atoms with Crippen molar-refractivity contribution in [3.63, 3.8) is 0 Å². The average molecular weight is 317 g/mol. The molecule has 0 aliphatic carbocycles. The van der Waals surface area contributed by atoms with E-state index in [1.807, 2.05) is 5.43 Å². The molecule has 9 heteroatoms. The van der Waals surface area contributed by atoms with Crippen LogP contribution in [0.5, 0.6) is 0 Å². The predicted molar refractivity (Wildman–Crippen MR) is 70.8 cm³/mol. The first kappa shape index (κ1) is 15.3. The van der Waals surface area contributed by atoms with Gasteiger partial charge in [0.05, 0.1) is 17.0 Å². The summed E-state index contributed by atoms with van der Waals surface area (Å²) >= 11 is 1.09. The Morgan fingerprint density at radius 1 is 1.33 bits per heavy atom. The van der Waals surface area contributed by atoms with Crippen LogP contribution in [0.4, 0.5) is 13.2 Å². The van der Waals surface area contributed by atoms with Gasteiger partial charge >= 0.3 is 6.18 Å². The minimum atomic E-state index is -4.54. The molecule has 0 bridgehead atoms. The standard InChI is InChI=1S/C12H10F3N3O2S/c13-12(14,15)8-1-2-9(19)18(6-8)5-7-3-4-21-10(7)11(20)17-16/h1-4,6H,5,16H2,(H,17,20). The van der Waals surface area contributed by atoms with E-state index in [9.17, 15) is 22.8 Å². The largest absolute Gasteiger partial charge is 0.417 e. The first-order valence-corrected chi connectivity index (χ1v) is 6.56. The number of aromatic nitrogens is 1. The van der Waals surface area contributed by atoms with Crippen molar-refractivity contribution >= 4 is 17.2 Å². The molecular weight excluding hydrogens is 307 g/mol. The Morgan fingerprint density at radius 2 is 2.05 bits per heavy atom. The third-order valence-corrected chi connectivity index (χ3v) is 3.69. The van der Waals surface area contributed by atoms with E-state index < -0.39 is 23.2 Å².